The molecule has 29 heavy (non-hydrogen) atoms. The number of hydrogen-bond donors (Lipinski definition) is 2. The molecule has 0 saturated carbocycles. The summed E-state index contributed by atoms with van der Waals surface area (Å²) in [7, 11) is 0. The molecule has 0 bridgehead atoms. The van der Waals surface area contributed by atoms with Gasteiger partial charge in [-0.15, -0.1) is 11.3 Å². The van der Waals surface area contributed by atoms with Crippen LogP contribution in [0.3, 0.4) is 0 Å². The molecule has 1 atom stereocenters. The highest BCUT2D eigenvalue weighted by Gasteiger charge is 2.21. The Morgan fingerprint density at radius 2 is 1.97 bits per heavy atom. The third-order valence-corrected chi connectivity index (χ3v) is 5.24. The first kappa shape index (κ1) is 19.0. The van der Waals surface area contributed by atoms with Gasteiger partial charge in [-0.3, -0.25) is 14.5 Å². The summed E-state index contributed by atoms with van der Waals surface area (Å²) >= 11 is 6.86. The van der Waals surface area contributed by atoms with Gasteiger partial charge in [0.15, 0.2) is 10.6 Å². The molecule has 0 aliphatic rings. The molecule has 3 aromatic heterocycles. The van der Waals surface area contributed by atoms with Gasteiger partial charge in [0, 0.05) is 18.1 Å². The SMILES string of the molecule is CC(C(=O)Nc1ccc(Oc2ncccn2)cc1)n1c(-c2cccs2)n[nH]c1=S. The van der Waals surface area contributed by atoms with Gasteiger partial charge in [-0.1, -0.05) is 6.07 Å². The number of nitrogens with zero attached hydrogens (tertiary/aromatic N) is 4. The molecule has 1 unspecified atom stereocenters. The van der Waals surface area contributed by atoms with E-state index in [1.807, 2.05) is 17.5 Å². The van der Waals surface area contributed by atoms with E-state index in [2.05, 4.69) is 25.5 Å². The van der Waals surface area contributed by atoms with Crippen LogP contribution in [0.2, 0.25) is 0 Å². The first-order valence-corrected chi connectivity index (χ1v) is 9.97. The number of H-pyrrole nitrogens is 1. The van der Waals surface area contributed by atoms with Gasteiger partial charge in [0.1, 0.15) is 11.8 Å². The summed E-state index contributed by atoms with van der Waals surface area (Å²) in [5, 5.41) is 11.9. The molecule has 146 valence electrons. The van der Waals surface area contributed by atoms with Crippen LogP contribution >= 0.6 is 23.6 Å². The lowest BCUT2D eigenvalue weighted by molar-refractivity contribution is -0.118. The smallest absolute Gasteiger partial charge is 0.321 e. The van der Waals surface area contributed by atoms with Crippen molar-refractivity contribution in [1.82, 2.24) is 24.7 Å². The van der Waals surface area contributed by atoms with Crippen molar-refractivity contribution in [2.75, 3.05) is 5.32 Å². The Kier molecular flexibility index (Phi) is 5.45. The molecular weight excluding hydrogens is 408 g/mol. The van der Waals surface area contributed by atoms with Crippen molar-refractivity contribution < 1.29 is 9.53 Å². The van der Waals surface area contributed by atoms with Crippen LogP contribution in [0.15, 0.2) is 60.2 Å². The third-order valence-electron chi connectivity index (χ3n) is 4.09. The van der Waals surface area contributed by atoms with E-state index in [1.54, 1.807) is 54.2 Å². The molecule has 0 radical (unpaired) electrons. The summed E-state index contributed by atoms with van der Waals surface area (Å²) in [6, 6.07) is 12.2. The van der Waals surface area contributed by atoms with Gasteiger partial charge < -0.3 is 10.1 Å². The van der Waals surface area contributed by atoms with Gasteiger partial charge >= 0.3 is 6.01 Å². The van der Waals surface area contributed by atoms with Crippen molar-refractivity contribution in [1.29, 1.82) is 0 Å². The van der Waals surface area contributed by atoms with E-state index >= 15 is 0 Å². The zero-order valence-electron chi connectivity index (χ0n) is 15.3. The first-order valence-electron chi connectivity index (χ1n) is 8.68. The van der Waals surface area contributed by atoms with E-state index < -0.39 is 6.04 Å². The van der Waals surface area contributed by atoms with E-state index in [1.165, 1.54) is 11.3 Å². The maximum Gasteiger partial charge on any atom is 0.321 e. The summed E-state index contributed by atoms with van der Waals surface area (Å²) in [5.41, 5.74) is 0.635. The number of hydrogen-bond acceptors (Lipinski definition) is 7. The number of aromatic amines is 1. The lowest BCUT2D eigenvalue weighted by Crippen LogP contribution is -2.24. The molecule has 4 rings (SSSR count). The second-order valence-corrected chi connectivity index (χ2v) is 7.36. The Hall–Kier alpha value is -3.37. The van der Waals surface area contributed by atoms with Crippen LogP contribution < -0.4 is 10.1 Å². The lowest BCUT2D eigenvalue weighted by Gasteiger charge is -2.15. The third kappa shape index (κ3) is 4.23. The molecule has 0 spiro atoms. The van der Waals surface area contributed by atoms with Crippen LogP contribution in [0.5, 0.6) is 11.8 Å². The van der Waals surface area contributed by atoms with E-state index in [4.69, 9.17) is 17.0 Å². The van der Waals surface area contributed by atoms with Crippen LogP contribution in [0.25, 0.3) is 10.7 Å². The van der Waals surface area contributed by atoms with Gasteiger partial charge in [0.25, 0.3) is 0 Å². The molecule has 1 aromatic carbocycles. The largest absolute Gasteiger partial charge is 0.424 e. The maximum atomic E-state index is 12.8. The minimum Gasteiger partial charge on any atom is -0.424 e. The molecule has 1 amide bonds. The summed E-state index contributed by atoms with van der Waals surface area (Å²) in [6.07, 6.45) is 3.20. The standard InChI is InChI=1S/C19H16N6O2S2/c1-12(25-16(23-24-19(25)28)15-4-2-11-29-15)17(26)22-13-5-7-14(8-6-13)27-18-20-9-3-10-21-18/h2-12H,1H3,(H,22,26)(H,24,28). The number of aromatic nitrogens is 5. The van der Waals surface area contributed by atoms with Crippen LogP contribution in [-0.2, 0) is 4.79 Å². The number of ether oxygens (including phenoxy) is 1. The van der Waals surface area contributed by atoms with Crippen LogP contribution in [-0.4, -0.2) is 30.6 Å². The second kappa shape index (κ2) is 8.33. The second-order valence-electron chi connectivity index (χ2n) is 6.02. The Labute approximate surface area is 175 Å². The Balaban J connectivity index is 1.47. The van der Waals surface area contributed by atoms with Crippen molar-refractivity contribution in [3.05, 3.63) is 65.0 Å². The van der Waals surface area contributed by atoms with Crippen LogP contribution in [0, 0.1) is 4.77 Å². The monoisotopic (exact) mass is 424 g/mol. The summed E-state index contributed by atoms with van der Waals surface area (Å²) in [4.78, 5) is 21.7. The number of nitrogens with one attached hydrogen (secondary N) is 2. The fraction of sp³-hybridized carbons (Fsp3) is 0.105. The van der Waals surface area contributed by atoms with E-state index in [-0.39, 0.29) is 11.9 Å². The number of benzene rings is 1. The van der Waals surface area contributed by atoms with E-state index in [0.29, 0.717) is 22.0 Å². The van der Waals surface area contributed by atoms with E-state index in [9.17, 15) is 4.79 Å². The molecule has 0 saturated heterocycles. The van der Waals surface area contributed by atoms with Crippen LogP contribution in [0.1, 0.15) is 13.0 Å². The molecule has 10 heteroatoms. The number of carbonyl (C=O) groups is 1. The molecule has 2 N–H and O–H groups in total. The minimum absolute atomic E-state index is 0.208. The number of thiophene rings is 1. The van der Waals surface area contributed by atoms with Gasteiger partial charge in [-0.05, 0) is 60.9 Å². The van der Waals surface area contributed by atoms with Gasteiger partial charge in [-0.25, -0.2) is 9.97 Å². The summed E-state index contributed by atoms with van der Waals surface area (Å²) in [6.45, 7) is 1.78. The van der Waals surface area contributed by atoms with Gasteiger partial charge in [0.05, 0.1) is 4.88 Å². The van der Waals surface area contributed by atoms with Crippen molar-refractivity contribution in [3.8, 4) is 22.5 Å². The fourth-order valence-corrected chi connectivity index (χ4v) is 3.66. The summed E-state index contributed by atoms with van der Waals surface area (Å²) in [5.74, 6) is 0.999. The average molecular weight is 425 g/mol. The molecule has 3 heterocycles. The fourth-order valence-electron chi connectivity index (χ4n) is 2.66. The van der Waals surface area contributed by atoms with Gasteiger partial charge in [-0.2, -0.15) is 5.10 Å². The van der Waals surface area contributed by atoms with Crippen LogP contribution in [0.4, 0.5) is 5.69 Å². The normalized spacial score (nSPS) is 11.8. The topological polar surface area (TPSA) is 97.7 Å². The van der Waals surface area contributed by atoms with Crippen molar-refractivity contribution in [2.45, 2.75) is 13.0 Å². The highest BCUT2D eigenvalue weighted by atomic mass is 32.1. The lowest BCUT2D eigenvalue weighted by atomic mass is 10.2. The van der Waals surface area contributed by atoms with Gasteiger partial charge in [0.2, 0.25) is 5.91 Å². The number of amides is 1. The molecule has 0 aliphatic carbocycles. The molecule has 4 aromatic rings. The van der Waals surface area contributed by atoms with Crippen molar-refractivity contribution in [3.63, 3.8) is 0 Å². The molecule has 8 nitrogen and oxygen atoms in total. The summed E-state index contributed by atoms with van der Waals surface area (Å²) < 4.78 is 7.65. The Bertz CT molecular complexity index is 1150. The highest BCUT2D eigenvalue weighted by molar-refractivity contribution is 7.71. The predicted octanol–water partition coefficient (Wildman–Crippen LogP) is 4.45. The zero-order chi connectivity index (χ0) is 20.2. The molecule has 0 aliphatic heterocycles. The van der Waals surface area contributed by atoms with E-state index in [0.717, 1.165) is 4.88 Å². The quantitative estimate of drug-likeness (QED) is 0.444. The minimum atomic E-state index is -0.549. The first-order chi connectivity index (χ1) is 14.1. The average Bonchev–Trinajstić information content (AvgIpc) is 3.39. The predicted molar refractivity (Wildman–Crippen MR) is 113 cm³/mol. The van der Waals surface area contributed by atoms with Crippen molar-refractivity contribution in [2.24, 2.45) is 0 Å². The number of rotatable bonds is 6. The molecular formula is C19H16N6O2S2. The number of anilines is 1. The number of carbonyl (C=O) groups excluding carboxylic acids is 1. The maximum absolute atomic E-state index is 12.8. The Morgan fingerprint density at radius 3 is 2.66 bits per heavy atom. The Morgan fingerprint density at radius 1 is 1.21 bits per heavy atom. The van der Waals surface area contributed by atoms with Crippen molar-refractivity contribution >= 4 is 35.1 Å². The zero-order valence-corrected chi connectivity index (χ0v) is 16.9. The highest BCUT2D eigenvalue weighted by Crippen LogP contribution is 2.26. The molecule has 0 fully saturated rings.